The zero-order valence-corrected chi connectivity index (χ0v) is 13.5. The number of carbonyl (C=O) groups is 1. The van der Waals surface area contributed by atoms with E-state index in [1.165, 1.54) is 5.56 Å². The van der Waals surface area contributed by atoms with Gasteiger partial charge in [-0.15, -0.1) is 0 Å². The van der Waals surface area contributed by atoms with Crippen LogP contribution in [-0.4, -0.2) is 30.8 Å². The highest BCUT2D eigenvalue weighted by molar-refractivity contribution is 5.77. The largest absolute Gasteiger partial charge is 0.484 e. The molecule has 0 aliphatic heterocycles. The van der Waals surface area contributed by atoms with Gasteiger partial charge in [0.05, 0.1) is 0 Å². The van der Waals surface area contributed by atoms with Gasteiger partial charge in [0.1, 0.15) is 5.75 Å². The number of rotatable bonds is 8. The highest BCUT2D eigenvalue weighted by atomic mass is 16.5. The fourth-order valence-corrected chi connectivity index (χ4v) is 2.03. The third kappa shape index (κ3) is 6.63. The maximum Gasteiger partial charge on any atom is 0.257 e. The highest BCUT2D eigenvalue weighted by Gasteiger charge is 2.15. The van der Waals surface area contributed by atoms with Crippen molar-refractivity contribution in [2.24, 2.45) is 5.41 Å². The average molecular weight is 293 g/mol. The number of aliphatic hydroxyl groups is 1. The van der Waals surface area contributed by atoms with Crippen LogP contribution < -0.4 is 10.1 Å². The first-order valence-electron chi connectivity index (χ1n) is 7.42. The number of nitrogens with one attached hydrogen (secondary N) is 1. The highest BCUT2D eigenvalue weighted by Crippen LogP contribution is 2.20. The van der Waals surface area contributed by atoms with Crippen molar-refractivity contribution in [3.8, 4) is 5.75 Å². The van der Waals surface area contributed by atoms with Gasteiger partial charge in [0.15, 0.2) is 6.61 Å². The Morgan fingerprint density at radius 2 is 2.05 bits per heavy atom. The molecule has 0 bridgehead atoms. The third-order valence-corrected chi connectivity index (χ3v) is 3.47. The third-order valence-electron chi connectivity index (χ3n) is 3.47. The molecule has 0 aliphatic carbocycles. The van der Waals surface area contributed by atoms with Gasteiger partial charge < -0.3 is 15.2 Å². The van der Waals surface area contributed by atoms with Gasteiger partial charge >= 0.3 is 0 Å². The number of benzene rings is 1. The van der Waals surface area contributed by atoms with Crippen molar-refractivity contribution >= 4 is 5.91 Å². The Morgan fingerprint density at radius 1 is 1.33 bits per heavy atom. The summed E-state index contributed by atoms with van der Waals surface area (Å²) >= 11 is 0. The van der Waals surface area contributed by atoms with Crippen molar-refractivity contribution in [1.29, 1.82) is 0 Å². The molecule has 21 heavy (non-hydrogen) atoms. The lowest BCUT2D eigenvalue weighted by Gasteiger charge is -2.21. The van der Waals surface area contributed by atoms with Crippen LogP contribution in [0.25, 0.3) is 0 Å². The van der Waals surface area contributed by atoms with E-state index < -0.39 is 0 Å². The molecule has 2 N–H and O–H groups in total. The first kappa shape index (κ1) is 17.5. The van der Waals surface area contributed by atoms with Gasteiger partial charge in [-0.2, -0.15) is 0 Å². The molecule has 4 heteroatoms. The van der Waals surface area contributed by atoms with Crippen LogP contribution in [0.5, 0.6) is 5.75 Å². The minimum atomic E-state index is -0.114. The molecule has 0 aromatic heterocycles. The van der Waals surface area contributed by atoms with Crippen LogP contribution in [0, 0.1) is 19.3 Å². The molecule has 1 aromatic rings. The molecule has 0 spiro atoms. The zero-order valence-electron chi connectivity index (χ0n) is 13.5. The number of hydrogen-bond acceptors (Lipinski definition) is 3. The summed E-state index contributed by atoms with van der Waals surface area (Å²) in [6.45, 7) is 8.83. The minimum Gasteiger partial charge on any atom is -0.484 e. The van der Waals surface area contributed by atoms with Crippen LogP contribution in [0.2, 0.25) is 0 Å². The first-order valence-corrected chi connectivity index (χ1v) is 7.42. The SMILES string of the molecule is Cc1ccc(OCC(=O)NCCCC(C)(C)CO)c(C)c1. The fourth-order valence-electron chi connectivity index (χ4n) is 2.03. The summed E-state index contributed by atoms with van der Waals surface area (Å²) in [6.07, 6.45) is 1.73. The lowest BCUT2D eigenvalue weighted by atomic mass is 9.89. The molecule has 0 radical (unpaired) electrons. The standard InChI is InChI=1S/C17H27NO3/c1-13-6-7-15(14(2)10-13)21-11-16(20)18-9-5-8-17(3,4)12-19/h6-7,10,19H,5,8-9,11-12H2,1-4H3,(H,18,20). The molecule has 1 rings (SSSR count). The van der Waals surface area contributed by atoms with Gasteiger partial charge in [-0.05, 0) is 43.7 Å². The van der Waals surface area contributed by atoms with E-state index >= 15 is 0 Å². The molecule has 4 nitrogen and oxygen atoms in total. The molecular weight excluding hydrogens is 266 g/mol. The molecule has 0 heterocycles. The second-order valence-corrected chi connectivity index (χ2v) is 6.33. The van der Waals surface area contributed by atoms with E-state index in [-0.39, 0.29) is 24.5 Å². The Labute approximate surface area is 127 Å². The molecule has 0 saturated carbocycles. The Morgan fingerprint density at radius 3 is 2.67 bits per heavy atom. The van der Waals surface area contributed by atoms with E-state index in [0.717, 1.165) is 24.2 Å². The summed E-state index contributed by atoms with van der Waals surface area (Å²) in [4.78, 5) is 11.7. The Hall–Kier alpha value is -1.55. The minimum absolute atomic E-state index is 0.0350. The number of hydrogen-bond donors (Lipinski definition) is 2. The second kappa shape index (κ2) is 8.03. The maximum atomic E-state index is 11.7. The Bertz CT molecular complexity index is 469. The molecule has 0 atom stereocenters. The normalized spacial score (nSPS) is 11.3. The summed E-state index contributed by atoms with van der Waals surface area (Å²) in [5.74, 6) is 0.633. The van der Waals surface area contributed by atoms with Gasteiger partial charge in [-0.25, -0.2) is 0 Å². The first-order chi connectivity index (χ1) is 9.84. The summed E-state index contributed by atoms with van der Waals surface area (Å²) in [5, 5.41) is 12.0. The smallest absolute Gasteiger partial charge is 0.257 e. The molecular formula is C17H27NO3. The lowest BCUT2D eigenvalue weighted by Crippen LogP contribution is -2.30. The average Bonchev–Trinajstić information content (AvgIpc) is 2.43. The lowest BCUT2D eigenvalue weighted by molar-refractivity contribution is -0.123. The van der Waals surface area contributed by atoms with Crippen LogP contribution in [-0.2, 0) is 4.79 Å². The van der Waals surface area contributed by atoms with Crippen molar-refractivity contribution in [2.45, 2.75) is 40.5 Å². The Balaban J connectivity index is 2.25. The van der Waals surface area contributed by atoms with Gasteiger partial charge in [-0.3, -0.25) is 4.79 Å². The number of ether oxygens (including phenoxy) is 1. The predicted molar refractivity (Wildman–Crippen MR) is 84.5 cm³/mol. The maximum absolute atomic E-state index is 11.7. The number of amides is 1. The quantitative estimate of drug-likeness (QED) is 0.724. The number of carbonyl (C=O) groups excluding carboxylic acids is 1. The number of aryl methyl sites for hydroxylation is 2. The van der Waals surface area contributed by atoms with E-state index in [1.807, 2.05) is 45.9 Å². The van der Waals surface area contributed by atoms with Crippen LogP contribution in [0.15, 0.2) is 18.2 Å². The molecule has 1 aromatic carbocycles. The number of aliphatic hydroxyl groups excluding tert-OH is 1. The van der Waals surface area contributed by atoms with E-state index in [1.54, 1.807) is 0 Å². The van der Waals surface area contributed by atoms with Crippen molar-refractivity contribution < 1.29 is 14.6 Å². The van der Waals surface area contributed by atoms with Crippen LogP contribution >= 0.6 is 0 Å². The van der Waals surface area contributed by atoms with Crippen molar-refractivity contribution in [1.82, 2.24) is 5.32 Å². The second-order valence-electron chi connectivity index (χ2n) is 6.33. The molecule has 0 aliphatic rings. The zero-order chi connectivity index (χ0) is 15.9. The van der Waals surface area contributed by atoms with Crippen molar-refractivity contribution in [2.75, 3.05) is 19.8 Å². The van der Waals surface area contributed by atoms with E-state index in [9.17, 15) is 4.79 Å². The van der Waals surface area contributed by atoms with Crippen molar-refractivity contribution in [3.63, 3.8) is 0 Å². The van der Waals surface area contributed by atoms with E-state index in [0.29, 0.717) is 6.54 Å². The predicted octanol–water partition coefficient (Wildman–Crippen LogP) is 2.60. The van der Waals surface area contributed by atoms with Gasteiger partial charge in [-0.1, -0.05) is 31.5 Å². The van der Waals surface area contributed by atoms with E-state index in [4.69, 9.17) is 9.84 Å². The van der Waals surface area contributed by atoms with Crippen LogP contribution in [0.1, 0.15) is 37.8 Å². The molecule has 0 unspecified atom stereocenters. The Kier molecular flexibility index (Phi) is 6.69. The van der Waals surface area contributed by atoms with Crippen LogP contribution in [0.3, 0.4) is 0 Å². The van der Waals surface area contributed by atoms with E-state index in [2.05, 4.69) is 5.32 Å². The van der Waals surface area contributed by atoms with Crippen LogP contribution in [0.4, 0.5) is 0 Å². The summed E-state index contributed by atoms with van der Waals surface area (Å²) in [6, 6.07) is 5.89. The topological polar surface area (TPSA) is 58.6 Å². The molecule has 1 amide bonds. The monoisotopic (exact) mass is 293 g/mol. The summed E-state index contributed by atoms with van der Waals surface area (Å²) in [5.41, 5.74) is 2.13. The summed E-state index contributed by atoms with van der Waals surface area (Å²) < 4.78 is 5.52. The van der Waals surface area contributed by atoms with Gasteiger partial charge in [0, 0.05) is 13.2 Å². The van der Waals surface area contributed by atoms with Gasteiger partial charge in [0.25, 0.3) is 5.91 Å². The molecule has 0 saturated heterocycles. The molecule has 0 fully saturated rings. The molecule has 118 valence electrons. The van der Waals surface area contributed by atoms with Crippen molar-refractivity contribution in [3.05, 3.63) is 29.3 Å². The fraction of sp³-hybridized carbons (Fsp3) is 0.588. The summed E-state index contributed by atoms with van der Waals surface area (Å²) in [7, 11) is 0. The van der Waals surface area contributed by atoms with Gasteiger partial charge in [0.2, 0.25) is 0 Å².